The van der Waals surface area contributed by atoms with Gasteiger partial charge in [0.1, 0.15) is 0 Å². The summed E-state index contributed by atoms with van der Waals surface area (Å²) in [5.41, 5.74) is 0. The molecule has 58 valence electrons. The smallest absolute Gasteiger partial charge is 0.326 e. The first kappa shape index (κ1) is 7.53. The highest BCUT2D eigenvalue weighted by atomic mass is 32.2. The maximum absolute atomic E-state index is 10.6. The van der Waals surface area contributed by atoms with Crippen LogP contribution in [0.15, 0.2) is 0 Å². The second-order valence-electron chi connectivity index (χ2n) is 2.23. The van der Waals surface area contributed by atoms with Gasteiger partial charge in [-0.25, -0.2) is 0 Å². The zero-order valence-corrected chi connectivity index (χ0v) is 6.35. The Bertz CT molecular complexity index is 240. The summed E-state index contributed by atoms with van der Waals surface area (Å²) in [6, 6.07) is 0. The Morgan fingerprint density at radius 1 is 1.70 bits per heavy atom. The zero-order chi connectivity index (χ0) is 7.78. The van der Waals surface area contributed by atoms with Gasteiger partial charge in [-0.1, -0.05) is 6.92 Å². The minimum absolute atomic E-state index is 0.150. The molecule has 0 aromatic heterocycles. The van der Waals surface area contributed by atoms with Gasteiger partial charge < -0.3 is 4.18 Å². The van der Waals surface area contributed by atoms with Crippen molar-refractivity contribution in [3.63, 3.8) is 0 Å². The monoisotopic (exact) mass is 164 g/mol. The summed E-state index contributed by atoms with van der Waals surface area (Å²) < 4.78 is 25.2. The maximum Gasteiger partial charge on any atom is 0.326 e. The molecule has 1 fully saturated rings. The molecule has 1 atom stereocenters. The molecule has 1 heterocycles. The lowest BCUT2D eigenvalue weighted by molar-refractivity contribution is -0.135. The topological polar surface area (TPSA) is 60.4 Å². The molecular weight excluding hydrogens is 156 g/mol. The van der Waals surface area contributed by atoms with Crippen molar-refractivity contribution in [1.29, 1.82) is 0 Å². The molecule has 1 aliphatic rings. The largest absolute Gasteiger partial charge is 0.345 e. The highest BCUT2D eigenvalue weighted by Gasteiger charge is 2.36. The lowest BCUT2D eigenvalue weighted by atomic mass is 10.1. The van der Waals surface area contributed by atoms with Gasteiger partial charge in [0.25, 0.3) is 0 Å². The fourth-order valence-corrected chi connectivity index (χ4v) is 2.15. The van der Waals surface area contributed by atoms with Crippen molar-refractivity contribution < 1.29 is 17.4 Å². The van der Waals surface area contributed by atoms with Gasteiger partial charge in [0, 0.05) is 0 Å². The third kappa shape index (κ3) is 1.29. The van der Waals surface area contributed by atoms with E-state index in [9.17, 15) is 13.2 Å². The van der Waals surface area contributed by atoms with E-state index in [1.54, 1.807) is 6.92 Å². The van der Waals surface area contributed by atoms with Gasteiger partial charge in [0.2, 0.25) is 0 Å². The van der Waals surface area contributed by atoms with E-state index in [-0.39, 0.29) is 5.75 Å². The fraction of sp³-hybridized carbons (Fsp3) is 0.800. The van der Waals surface area contributed by atoms with Crippen molar-refractivity contribution in [2.24, 2.45) is 5.92 Å². The molecule has 0 aromatic carbocycles. The van der Waals surface area contributed by atoms with Gasteiger partial charge in [-0.3, -0.25) is 4.79 Å². The van der Waals surface area contributed by atoms with E-state index >= 15 is 0 Å². The molecule has 5 heteroatoms. The molecule has 1 aliphatic heterocycles. The lowest BCUT2D eigenvalue weighted by Gasteiger charge is -1.92. The number of hydrogen-bond donors (Lipinski definition) is 0. The Morgan fingerprint density at radius 2 is 2.30 bits per heavy atom. The molecule has 0 aromatic rings. The van der Waals surface area contributed by atoms with Crippen molar-refractivity contribution >= 4 is 16.1 Å². The Balaban J connectivity index is 2.80. The number of rotatable bonds is 1. The van der Waals surface area contributed by atoms with Gasteiger partial charge in [-0.05, 0) is 6.42 Å². The molecule has 4 nitrogen and oxygen atoms in total. The minimum atomic E-state index is -3.51. The molecule has 0 bridgehead atoms. The molecular formula is C5H8O4S. The maximum atomic E-state index is 10.6. The summed E-state index contributed by atoms with van der Waals surface area (Å²) in [6.07, 6.45) is 0.526. The summed E-state index contributed by atoms with van der Waals surface area (Å²) in [6.45, 7) is 1.76. The van der Waals surface area contributed by atoms with Crippen LogP contribution in [0.25, 0.3) is 0 Å². The summed E-state index contributed by atoms with van der Waals surface area (Å²) >= 11 is 0. The average molecular weight is 164 g/mol. The second kappa shape index (κ2) is 2.23. The number of carbonyl (C=O) groups excluding carboxylic acids is 1. The average Bonchev–Trinajstić information content (AvgIpc) is 2.05. The normalized spacial score (nSPS) is 30.1. The van der Waals surface area contributed by atoms with Crippen LogP contribution in [-0.2, 0) is 19.1 Å². The van der Waals surface area contributed by atoms with E-state index in [1.807, 2.05) is 0 Å². The summed E-state index contributed by atoms with van der Waals surface area (Å²) in [5, 5.41) is 0. The molecule has 1 unspecified atom stereocenters. The number of hydrogen-bond acceptors (Lipinski definition) is 4. The molecule has 0 saturated carbocycles. The Hall–Kier alpha value is -0.580. The van der Waals surface area contributed by atoms with Crippen LogP contribution in [0.1, 0.15) is 13.3 Å². The van der Waals surface area contributed by atoms with Gasteiger partial charge in [0.05, 0.1) is 11.7 Å². The van der Waals surface area contributed by atoms with Crippen LogP contribution in [0.5, 0.6) is 0 Å². The van der Waals surface area contributed by atoms with E-state index in [0.717, 1.165) is 0 Å². The highest BCUT2D eigenvalue weighted by molar-refractivity contribution is 7.87. The van der Waals surface area contributed by atoms with E-state index in [0.29, 0.717) is 6.42 Å². The second-order valence-corrected chi connectivity index (χ2v) is 3.85. The summed E-state index contributed by atoms with van der Waals surface area (Å²) in [7, 11) is -3.51. The van der Waals surface area contributed by atoms with Crippen molar-refractivity contribution in [1.82, 2.24) is 0 Å². The molecule has 0 radical (unpaired) electrons. The standard InChI is InChI=1S/C5H8O4S/c1-2-4-3-10(7,8)9-5(4)6/h4H,2-3H2,1H3. The summed E-state index contributed by atoms with van der Waals surface area (Å²) in [4.78, 5) is 10.6. The Kier molecular flexibility index (Phi) is 1.68. The van der Waals surface area contributed by atoms with Crippen molar-refractivity contribution in [3.05, 3.63) is 0 Å². The predicted molar refractivity (Wildman–Crippen MR) is 33.7 cm³/mol. The van der Waals surface area contributed by atoms with Crippen LogP contribution in [0.4, 0.5) is 0 Å². The SMILES string of the molecule is CCC1CS(=O)(=O)OC1=O. The number of carbonyl (C=O) groups is 1. The Labute approximate surface area is 59.3 Å². The third-order valence-electron chi connectivity index (χ3n) is 1.44. The molecule has 0 amide bonds. The van der Waals surface area contributed by atoms with E-state index < -0.39 is 22.0 Å². The van der Waals surface area contributed by atoms with Gasteiger partial charge in [0.15, 0.2) is 0 Å². The van der Waals surface area contributed by atoms with E-state index in [1.165, 1.54) is 0 Å². The van der Waals surface area contributed by atoms with Crippen LogP contribution in [-0.4, -0.2) is 20.1 Å². The van der Waals surface area contributed by atoms with Crippen molar-refractivity contribution in [2.45, 2.75) is 13.3 Å². The lowest BCUT2D eigenvalue weighted by Crippen LogP contribution is -2.07. The van der Waals surface area contributed by atoms with Gasteiger partial charge >= 0.3 is 16.1 Å². The van der Waals surface area contributed by atoms with Crippen LogP contribution in [0, 0.1) is 5.92 Å². The molecule has 10 heavy (non-hydrogen) atoms. The summed E-state index contributed by atoms with van der Waals surface area (Å²) in [5.74, 6) is -1.20. The van der Waals surface area contributed by atoms with Crippen molar-refractivity contribution in [2.75, 3.05) is 5.75 Å². The molecule has 1 rings (SSSR count). The van der Waals surface area contributed by atoms with Crippen LogP contribution >= 0.6 is 0 Å². The van der Waals surface area contributed by atoms with Gasteiger partial charge in [-0.15, -0.1) is 0 Å². The van der Waals surface area contributed by atoms with E-state index in [2.05, 4.69) is 4.18 Å². The van der Waals surface area contributed by atoms with Crippen LogP contribution in [0.3, 0.4) is 0 Å². The quantitative estimate of drug-likeness (QED) is 0.508. The predicted octanol–water partition coefficient (Wildman–Crippen LogP) is -0.101. The molecule has 1 saturated heterocycles. The third-order valence-corrected chi connectivity index (χ3v) is 2.67. The first-order valence-electron chi connectivity index (χ1n) is 3.01. The van der Waals surface area contributed by atoms with Crippen molar-refractivity contribution in [3.8, 4) is 0 Å². The fourth-order valence-electron chi connectivity index (χ4n) is 0.826. The molecule has 0 N–H and O–H groups in total. The van der Waals surface area contributed by atoms with E-state index in [4.69, 9.17) is 0 Å². The highest BCUT2D eigenvalue weighted by Crippen LogP contribution is 2.18. The first-order chi connectivity index (χ1) is 4.55. The minimum Gasteiger partial charge on any atom is -0.345 e. The first-order valence-corrected chi connectivity index (χ1v) is 4.59. The Morgan fingerprint density at radius 3 is 2.50 bits per heavy atom. The van der Waals surface area contributed by atoms with Crippen LogP contribution in [0.2, 0.25) is 0 Å². The molecule has 0 aliphatic carbocycles. The molecule has 0 spiro atoms. The zero-order valence-electron chi connectivity index (χ0n) is 5.53. The van der Waals surface area contributed by atoms with Gasteiger partial charge in [-0.2, -0.15) is 8.42 Å². The van der Waals surface area contributed by atoms with Crippen LogP contribution < -0.4 is 0 Å².